The van der Waals surface area contributed by atoms with Gasteiger partial charge in [0.15, 0.2) is 0 Å². The lowest BCUT2D eigenvalue weighted by Gasteiger charge is -2.23. The second-order valence-electron chi connectivity index (χ2n) is 4.42. The van der Waals surface area contributed by atoms with Crippen LogP contribution in [0.1, 0.15) is 25.1 Å². The Labute approximate surface area is 105 Å². The van der Waals surface area contributed by atoms with Crippen molar-refractivity contribution in [1.29, 1.82) is 0 Å². The van der Waals surface area contributed by atoms with Crippen LogP contribution in [-0.4, -0.2) is 25.0 Å². The molecule has 5 nitrogen and oxygen atoms in total. The third-order valence-corrected chi connectivity index (χ3v) is 5.18. The lowest BCUT2D eigenvalue weighted by molar-refractivity contribution is -0.138. The molecule has 2 N–H and O–H groups in total. The van der Waals surface area contributed by atoms with Crippen molar-refractivity contribution in [2.24, 2.45) is 0 Å². The lowest BCUT2D eigenvalue weighted by Crippen LogP contribution is -2.44. The summed E-state index contributed by atoms with van der Waals surface area (Å²) in [6.45, 7) is 4.89. The van der Waals surface area contributed by atoms with Crippen LogP contribution in [0.25, 0.3) is 0 Å². The number of carboxylic acids is 1. The van der Waals surface area contributed by atoms with Gasteiger partial charge in [-0.1, -0.05) is 0 Å². The highest BCUT2D eigenvalue weighted by molar-refractivity contribution is 7.91. The molecule has 0 saturated heterocycles. The monoisotopic (exact) mass is 277 g/mol. The van der Waals surface area contributed by atoms with Gasteiger partial charge in [0.2, 0.25) is 0 Å². The first-order chi connectivity index (χ1) is 7.62. The molecule has 1 aromatic heterocycles. The van der Waals surface area contributed by atoms with Crippen LogP contribution in [0.4, 0.5) is 0 Å². The van der Waals surface area contributed by atoms with Gasteiger partial charge in [0.25, 0.3) is 10.0 Å². The maximum atomic E-state index is 11.9. The number of hydrogen-bond donors (Lipinski definition) is 2. The first kappa shape index (κ1) is 14.1. The Hall–Kier alpha value is -0.920. The fraction of sp³-hybridized carbons (Fsp3) is 0.500. The second-order valence-corrected chi connectivity index (χ2v) is 7.62. The average Bonchev–Trinajstić information content (AvgIpc) is 2.46. The number of aryl methyl sites for hydroxylation is 1. The van der Waals surface area contributed by atoms with Gasteiger partial charge in [-0.15, -0.1) is 11.3 Å². The van der Waals surface area contributed by atoms with E-state index in [9.17, 15) is 13.2 Å². The molecular formula is C10H15NO4S2. The van der Waals surface area contributed by atoms with Gasteiger partial charge in [0, 0.05) is 10.4 Å². The van der Waals surface area contributed by atoms with Gasteiger partial charge >= 0.3 is 5.97 Å². The van der Waals surface area contributed by atoms with Crippen LogP contribution in [-0.2, 0) is 14.8 Å². The van der Waals surface area contributed by atoms with Crippen LogP contribution >= 0.6 is 11.3 Å². The summed E-state index contributed by atoms with van der Waals surface area (Å²) in [6, 6.07) is 3.22. The van der Waals surface area contributed by atoms with Crippen LogP contribution in [0.3, 0.4) is 0 Å². The summed E-state index contributed by atoms with van der Waals surface area (Å²) < 4.78 is 26.5. The smallest absolute Gasteiger partial charge is 0.305 e. The van der Waals surface area contributed by atoms with Gasteiger partial charge < -0.3 is 5.11 Å². The highest BCUT2D eigenvalue weighted by atomic mass is 32.2. The molecule has 0 aliphatic rings. The average molecular weight is 277 g/mol. The van der Waals surface area contributed by atoms with Gasteiger partial charge in [0.1, 0.15) is 4.21 Å². The fourth-order valence-corrected chi connectivity index (χ4v) is 4.08. The molecule has 96 valence electrons. The number of aliphatic carboxylic acids is 1. The number of hydrogen-bond acceptors (Lipinski definition) is 4. The van der Waals surface area contributed by atoms with E-state index < -0.39 is 21.5 Å². The Bertz CT molecular complexity index is 516. The molecule has 0 aliphatic carbocycles. The van der Waals surface area contributed by atoms with E-state index in [1.165, 1.54) is 6.07 Å². The summed E-state index contributed by atoms with van der Waals surface area (Å²) in [5.41, 5.74) is -1.01. The Balaban J connectivity index is 2.90. The second kappa shape index (κ2) is 4.75. The molecule has 0 aromatic carbocycles. The summed E-state index contributed by atoms with van der Waals surface area (Å²) in [7, 11) is -3.64. The van der Waals surface area contributed by atoms with E-state index in [1.807, 2.05) is 6.92 Å². The van der Waals surface area contributed by atoms with Crippen LogP contribution in [0.2, 0.25) is 0 Å². The molecule has 0 spiro atoms. The summed E-state index contributed by atoms with van der Waals surface area (Å²) in [6.07, 6.45) is -0.267. The lowest BCUT2D eigenvalue weighted by atomic mass is 10.0. The van der Waals surface area contributed by atoms with E-state index in [2.05, 4.69) is 4.72 Å². The number of rotatable bonds is 5. The van der Waals surface area contributed by atoms with E-state index in [4.69, 9.17) is 5.11 Å². The molecular weight excluding hydrogens is 262 g/mol. The standard InChI is InChI=1S/C10H15NO4S2/c1-7-4-5-9(16-7)17(14,15)11-10(2,3)6-8(12)13/h4-5,11H,6H2,1-3H3,(H,12,13). The Morgan fingerprint density at radius 3 is 2.47 bits per heavy atom. The molecule has 0 aliphatic heterocycles. The zero-order valence-electron chi connectivity index (χ0n) is 9.85. The SMILES string of the molecule is Cc1ccc(S(=O)(=O)NC(C)(C)CC(=O)O)s1. The van der Waals surface area contributed by atoms with Gasteiger partial charge in [0.05, 0.1) is 6.42 Å². The number of thiophene rings is 1. The molecule has 1 aromatic rings. The number of carboxylic acid groups (broad SMARTS) is 1. The first-order valence-electron chi connectivity index (χ1n) is 4.95. The van der Waals surface area contributed by atoms with Crippen molar-refractivity contribution < 1.29 is 18.3 Å². The number of carbonyl (C=O) groups is 1. The molecule has 7 heteroatoms. The molecule has 0 saturated carbocycles. The normalized spacial score (nSPS) is 12.6. The van der Waals surface area contributed by atoms with Crippen molar-refractivity contribution in [3.63, 3.8) is 0 Å². The van der Waals surface area contributed by atoms with Gasteiger partial charge in [-0.3, -0.25) is 4.79 Å². The van der Waals surface area contributed by atoms with Crippen LogP contribution in [0, 0.1) is 6.92 Å². The molecule has 0 fully saturated rings. The molecule has 17 heavy (non-hydrogen) atoms. The topological polar surface area (TPSA) is 83.5 Å². The van der Waals surface area contributed by atoms with Crippen LogP contribution < -0.4 is 4.72 Å². The summed E-state index contributed by atoms with van der Waals surface area (Å²) in [5.74, 6) is -1.04. The molecule has 1 heterocycles. The van der Waals surface area contributed by atoms with E-state index in [0.29, 0.717) is 0 Å². The molecule has 1 rings (SSSR count). The van der Waals surface area contributed by atoms with Crippen LogP contribution in [0.5, 0.6) is 0 Å². The largest absolute Gasteiger partial charge is 0.481 e. The Morgan fingerprint density at radius 1 is 1.47 bits per heavy atom. The number of nitrogens with one attached hydrogen (secondary N) is 1. The minimum absolute atomic E-state index is 0.202. The fourth-order valence-electron chi connectivity index (χ4n) is 1.38. The van der Waals surface area contributed by atoms with E-state index >= 15 is 0 Å². The van der Waals surface area contributed by atoms with Gasteiger partial charge in [-0.2, -0.15) is 0 Å². The maximum absolute atomic E-state index is 11.9. The minimum Gasteiger partial charge on any atom is -0.481 e. The molecule has 0 amide bonds. The third kappa shape index (κ3) is 4.10. The van der Waals surface area contributed by atoms with Gasteiger partial charge in [-0.05, 0) is 32.9 Å². The molecule has 0 unspecified atom stereocenters. The highest BCUT2D eigenvalue weighted by Gasteiger charge is 2.29. The van der Waals surface area contributed by atoms with Crippen molar-refractivity contribution in [3.8, 4) is 0 Å². The summed E-state index contributed by atoms with van der Waals surface area (Å²) in [5, 5.41) is 8.69. The quantitative estimate of drug-likeness (QED) is 0.856. The van der Waals surface area contributed by atoms with E-state index in [0.717, 1.165) is 16.2 Å². The van der Waals surface area contributed by atoms with Crippen molar-refractivity contribution >= 4 is 27.3 Å². The first-order valence-corrected chi connectivity index (χ1v) is 7.25. The Kier molecular flexibility index (Phi) is 3.95. The third-order valence-electron chi connectivity index (χ3n) is 1.98. The molecule has 0 atom stereocenters. The van der Waals surface area contributed by atoms with Crippen molar-refractivity contribution in [3.05, 3.63) is 17.0 Å². The van der Waals surface area contributed by atoms with Crippen molar-refractivity contribution in [2.75, 3.05) is 0 Å². The summed E-state index contributed by atoms with van der Waals surface area (Å²) in [4.78, 5) is 11.5. The van der Waals surface area contributed by atoms with E-state index in [-0.39, 0.29) is 10.6 Å². The summed E-state index contributed by atoms with van der Waals surface area (Å²) >= 11 is 1.16. The highest BCUT2D eigenvalue weighted by Crippen LogP contribution is 2.22. The maximum Gasteiger partial charge on any atom is 0.305 e. The zero-order valence-corrected chi connectivity index (χ0v) is 11.5. The predicted molar refractivity (Wildman–Crippen MR) is 65.7 cm³/mol. The van der Waals surface area contributed by atoms with Gasteiger partial charge in [-0.25, -0.2) is 13.1 Å². The minimum atomic E-state index is -3.64. The van der Waals surface area contributed by atoms with E-state index in [1.54, 1.807) is 19.9 Å². The van der Waals surface area contributed by atoms with Crippen LogP contribution in [0.15, 0.2) is 16.3 Å². The molecule has 0 radical (unpaired) electrons. The Morgan fingerprint density at radius 2 is 2.06 bits per heavy atom. The molecule has 0 bridgehead atoms. The zero-order chi connectivity index (χ0) is 13.3. The predicted octanol–water partition coefficient (Wildman–Crippen LogP) is 1.59. The van der Waals surface area contributed by atoms with Crippen molar-refractivity contribution in [2.45, 2.75) is 36.9 Å². The number of sulfonamides is 1. The van der Waals surface area contributed by atoms with Crippen molar-refractivity contribution in [1.82, 2.24) is 4.72 Å².